The highest BCUT2D eigenvalue weighted by Gasteiger charge is 2.22. The Morgan fingerprint density at radius 1 is 1.23 bits per heavy atom. The van der Waals surface area contributed by atoms with Gasteiger partial charge in [0, 0.05) is 12.2 Å². The number of ether oxygens (including phenoxy) is 1. The highest BCUT2D eigenvalue weighted by molar-refractivity contribution is 7.99. The molecule has 0 saturated carbocycles. The summed E-state index contributed by atoms with van der Waals surface area (Å²) in [7, 11) is 4.04. The number of rotatable bonds is 12. The van der Waals surface area contributed by atoms with Crippen molar-refractivity contribution >= 4 is 23.4 Å². The van der Waals surface area contributed by atoms with Gasteiger partial charge in [-0.15, -0.1) is 10.2 Å². The fourth-order valence-electron chi connectivity index (χ4n) is 3.01. The number of hydrogen-bond donors (Lipinski definition) is 1. The third-order valence-electron chi connectivity index (χ3n) is 4.48. The van der Waals surface area contributed by atoms with Gasteiger partial charge in [-0.2, -0.15) is 8.78 Å². The quantitative estimate of drug-likeness (QED) is 0.492. The summed E-state index contributed by atoms with van der Waals surface area (Å²) >= 11 is 1.33. The monoisotopic (exact) mass is 441 g/mol. The zero-order valence-electron chi connectivity index (χ0n) is 17.8. The van der Waals surface area contributed by atoms with Gasteiger partial charge in [0.1, 0.15) is 5.75 Å². The first-order chi connectivity index (χ1) is 14.3. The Morgan fingerprint density at radius 3 is 2.50 bits per heavy atom. The molecule has 1 heterocycles. The zero-order chi connectivity index (χ0) is 22.1. The Labute approximate surface area is 180 Å². The second-order valence-corrected chi connectivity index (χ2v) is 7.92. The number of nitrogens with zero attached hydrogens (tertiary/aromatic N) is 4. The summed E-state index contributed by atoms with van der Waals surface area (Å²) in [6, 6.07) is 5.96. The van der Waals surface area contributed by atoms with E-state index in [4.69, 9.17) is 0 Å². The number of hydrogen-bond acceptors (Lipinski definition) is 6. The molecule has 2 aromatic rings. The van der Waals surface area contributed by atoms with Crippen molar-refractivity contribution in [2.75, 3.05) is 25.2 Å². The van der Waals surface area contributed by atoms with Crippen LogP contribution in [0.3, 0.4) is 0 Å². The van der Waals surface area contributed by atoms with Crippen LogP contribution in [-0.2, 0) is 11.3 Å². The number of carbonyl (C=O) groups excluding carboxylic acids is 1. The first-order valence-corrected chi connectivity index (χ1v) is 10.9. The lowest BCUT2D eigenvalue weighted by molar-refractivity contribution is -0.113. The molecule has 1 amide bonds. The van der Waals surface area contributed by atoms with E-state index in [1.54, 1.807) is 0 Å². The molecular weight excluding hydrogens is 412 g/mol. The van der Waals surface area contributed by atoms with Crippen LogP contribution >= 0.6 is 11.8 Å². The van der Waals surface area contributed by atoms with Crippen LogP contribution in [0.5, 0.6) is 5.75 Å². The number of halogens is 2. The molecule has 7 nitrogen and oxygen atoms in total. The van der Waals surface area contributed by atoms with Gasteiger partial charge in [0.15, 0.2) is 11.0 Å². The van der Waals surface area contributed by atoms with E-state index in [-0.39, 0.29) is 23.5 Å². The minimum absolute atomic E-state index is 0.0419. The SMILES string of the molecule is CCCCn1c(SCC(=O)Nc2ccc(OC(F)F)cc2)nnc1[C@H](CC)N(C)C. The first kappa shape index (κ1) is 24.1. The molecule has 0 bridgehead atoms. The highest BCUT2D eigenvalue weighted by Crippen LogP contribution is 2.26. The maximum atomic E-state index is 12.3. The number of nitrogens with one attached hydrogen (secondary N) is 1. The maximum absolute atomic E-state index is 12.3. The van der Waals surface area contributed by atoms with Crippen molar-refractivity contribution in [2.24, 2.45) is 0 Å². The predicted molar refractivity (Wildman–Crippen MR) is 114 cm³/mol. The molecule has 0 unspecified atom stereocenters. The summed E-state index contributed by atoms with van der Waals surface area (Å²) in [5, 5.41) is 12.2. The van der Waals surface area contributed by atoms with E-state index in [2.05, 4.69) is 43.6 Å². The van der Waals surface area contributed by atoms with Crippen molar-refractivity contribution in [3.8, 4) is 5.75 Å². The first-order valence-electron chi connectivity index (χ1n) is 9.92. The number of anilines is 1. The highest BCUT2D eigenvalue weighted by atomic mass is 32.2. The molecular formula is C20H29F2N5O2S. The van der Waals surface area contributed by atoms with Crippen LogP contribution in [0, 0.1) is 0 Å². The second-order valence-electron chi connectivity index (χ2n) is 6.97. The van der Waals surface area contributed by atoms with Crippen molar-refractivity contribution in [1.82, 2.24) is 19.7 Å². The second kappa shape index (κ2) is 11.8. The van der Waals surface area contributed by atoms with Crippen LogP contribution in [0.15, 0.2) is 29.4 Å². The minimum Gasteiger partial charge on any atom is -0.435 e. The van der Waals surface area contributed by atoms with E-state index in [0.717, 1.165) is 36.8 Å². The van der Waals surface area contributed by atoms with E-state index in [1.165, 1.54) is 36.0 Å². The van der Waals surface area contributed by atoms with E-state index in [1.807, 2.05) is 14.1 Å². The topological polar surface area (TPSA) is 72.3 Å². The molecule has 0 aliphatic rings. The van der Waals surface area contributed by atoms with Crippen LogP contribution in [0.2, 0.25) is 0 Å². The molecule has 0 aliphatic carbocycles. The summed E-state index contributed by atoms with van der Waals surface area (Å²) < 4.78 is 30.8. The average Bonchev–Trinajstić information content (AvgIpc) is 3.08. The number of amides is 1. The standard InChI is InChI=1S/C20H29F2N5O2S/c1-5-7-12-27-18(16(6-2)26(3)4)24-25-20(27)30-13-17(28)23-14-8-10-15(11-9-14)29-19(21)22/h8-11,16,19H,5-7,12-13H2,1-4H3,(H,23,28)/t16-/m0/s1. The van der Waals surface area contributed by atoms with E-state index >= 15 is 0 Å². The fourth-order valence-corrected chi connectivity index (χ4v) is 3.78. The summed E-state index contributed by atoms with van der Waals surface area (Å²) in [6.45, 7) is 2.17. The van der Waals surface area contributed by atoms with Crippen LogP contribution in [0.1, 0.15) is 45.0 Å². The number of thioether (sulfide) groups is 1. The Balaban J connectivity index is 2.01. The van der Waals surface area contributed by atoms with E-state index in [9.17, 15) is 13.6 Å². The van der Waals surface area contributed by atoms with Gasteiger partial charge < -0.3 is 14.6 Å². The third kappa shape index (κ3) is 6.94. The van der Waals surface area contributed by atoms with E-state index < -0.39 is 6.61 Å². The maximum Gasteiger partial charge on any atom is 0.387 e. The molecule has 166 valence electrons. The smallest absolute Gasteiger partial charge is 0.387 e. The van der Waals surface area contributed by atoms with Gasteiger partial charge in [0.2, 0.25) is 5.91 Å². The lowest BCUT2D eigenvalue weighted by atomic mass is 10.2. The van der Waals surface area contributed by atoms with Gasteiger partial charge in [0.05, 0.1) is 11.8 Å². The van der Waals surface area contributed by atoms with Crippen molar-refractivity contribution in [2.45, 2.75) is 57.5 Å². The van der Waals surface area contributed by atoms with Crippen LogP contribution in [-0.4, -0.2) is 52.0 Å². The molecule has 0 aliphatic heterocycles. The Hall–Kier alpha value is -2.20. The largest absolute Gasteiger partial charge is 0.435 e. The van der Waals surface area contributed by atoms with Crippen molar-refractivity contribution in [3.63, 3.8) is 0 Å². The lowest BCUT2D eigenvalue weighted by Crippen LogP contribution is -2.23. The molecule has 0 fully saturated rings. The fraction of sp³-hybridized carbons (Fsp3) is 0.550. The molecule has 1 atom stereocenters. The molecule has 2 rings (SSSR count). The van der Waals surface area contributed by atoms with Crippen LogP contribution < -0.4 is 10.1 Å². The normalized spacial score (nSPS) is 12.4. The zero-order valence-corrected chi connectivity index (χ0v) is 18.6. The Kier molecular flexibility index (Phi) is 9.51. The third-order valence-corrected chi connectivity index (χ3v) is 5.45. The Morgan fingerprint density at radius 2 is 1.93 bits per heavy atom. The summed E-state index contributed by atoms with van der Waals surface area (Å²) in [6.07, 6.45) is 2.96. The average molecular weight is 442 g/mol. The summed E-state index contributed by atoms with van der Waals surface area (Å²) in [5.41, 5.74) is 0.508. The van der Waals surface area contributed by atoms with Gasteiger partial charge in [-0.25, -0.2) is 0 Å². The van der Waals surface area contributed by atoms with E-state index in [0.29, 0.717) is 5.69 Å². The van der Waals surface area contributed by atoms with Crippen molar-refractivity contribution < 1.29 is 18.3 Å². The Bertz CT molecular complexity index is 799. The van der Waals surface area contributed by atoms with Crippen LogP contribution in [0.4, 0.5) is 14.5 Å². The number of benzene rings is 1. The van der Waals surface area contributed by atoms with Crippen LogP contribution in [0.25, 0.3) is 0 Å². The molecule has 1 aromatic carbocycles. The molecule has 0 radical (unpaired) electrons. The number of alkyl halides is 2. The summed E-state index contributed by atoms with van der Waals surface area (Å²) in [4.78, 5) is 14.5. The van der Waals surface area contributed by atoms with Crippen molar-refractivity contribution in [1.29, 1.82) is 0 Å². The number of unbranched alkanes of at least 4 members (excludes halogenated alkanes) is 1. The molecule has 1 aromatic heterocycles. The summed E-state index contributed by atoms with van der Waals surface area (Å²) in [5.74, 6) is 0.903. The number of aromatic nitrogens is 3. The predicted octanol–water partition coefficient (Wildman–Crippen LogP) is 4.42. The van der Waals surface area contributed by atoms with Gasteiger partial charge in [-0.05, 0) is 51.2 Å². The number of carbonyl (C=O) groups is 1. The van der Waals surface area contributed by atoms with Gasteiger partial charge in [-0.1, -0.05) is 32.0 Å². The van der Waals surface area contributed by atoms with Crippen molar-refractivity contribution in [3.05, 3.63) is 30.1 Å². The van der Waals surface area contributed by atoms with Gasteiger partial charge >= 0.3 is 6.61 Å². The minimum atomic E-state index is -2.88. The molecule has 0 saturated heterocycles. The lowest BCUT2D eigenvalue weighted by Gasteiger charge is -2.23. The molecule has 0 spiro atoms. The molecule has 1 N–H and O–H groups in total. The van der Waals surface area contributed by atoms with Gasteiger partial charge in [0.25, 0.3) is 0 Å². The van der Waals surface area contributed by atoms with Gasteiger partial charge in [-0.3, -0.25) is 9.69 Å². The molecule has 10 heteroatoms. The molecule has 30 heavy (non-hydrogen) atoms.